The van der Waals surface area contributed by atoms with Gasteiger partial charge in [0.05, 0.1) is 0 Å². The Hall–Kier alpha value is -0.830. The summed E-state index contributed by atoms with van der Waals surface area (Å²) in [4.78, 5) is 14.6. The average molecular weight is 430 g/mol. The third kappa shape index (κ3) is 6.15. The Morgan fingerprint density at radius 1 is 0.742 bits per heavy atom. The van der Waals surface area contributed by atoms with Gasteiger partial charge in [0.1, 0.15) is 6.10 Å². The van der Waals surface area contributed by atoms with Crippen LogP contribution in [0.1, 0.15) is 116 Å². The molecule has 0 aromatic heterocycles. The molecule has 0 spiro atoms. The van der Waals surface area contributed by atoms with Crippen molar-refractivity contribution >= 4 is 5.97 Å². The quantitative estimate of drug-likeness (QED) is 0.335. The summed E-state index contributed by atoms with van der Waals surface area (Å²) in [6.07, 6.45) is 24.8. The van der Waals surface area contributed by atoms with E-state index in [1.54, 1.807) is 0 Å². The van der Waals surface area contributed by atoms with Gasteiger partial charge in [-0.3, -0.25) is 4.90 Å². The molecule has 176 valence electrons. The Balaban J connectivity index is 1.30. The number of ether oxygens (including phenoxy) is 1. The summed E-state index contributed by atoms with van der Waals surface area (Å²) >= 11 is 0. The SMILES string of the molecule is C=CC(=O)OC1CCC(C2CCC(N(C3CCCCC3)C3CCCC(C)C3)CC2)CC1. The Morgan fingerprint density at radius 3 is 1.94 bits per heavy atom. The lowest BCUT2D eigenvalue weighted by molar-refractivity contribution is -0.145. The van der Waals surface area contributed by atoms with Crippen molar-refractivity contribution in [1.29, 1.82) is 0 Å². The van der Waals surface area contributed by atoms with Crippen molar-refractivity contribution in [2.75, 3.05) is 0 Å². The molecule has 0 N–H and O–H groups in total. The van der Waals surface area contributed by atoms with E-state index in [0.29, 0.717) is 0 Å². The van der Waals surface area contributed by atoms with Gasteiger partial charge in [0, 0.05) is 24.2 Å². The van der Waals surface area contributed by atoms with Crippen molar-refractivity contribution in [1.82, 2.24) is 4.90 Å². The smallest absolute Gasteiger partial charge is 0.330 e. The van der Waals surface area contributed by atoms with Crippen LogP contribution in [0, 0.1) is 17.8 Å². The monoisotopic (exact) mass is 429 g/mol. The van der Waals surface area contributed by atoms with E-state index in [1.807, 2.05) is 0 Å². The highest BCUT2D eigenvalue weighted by atomic mass is 16.5. The summed E-state index contributed by atoms with van der Waals surface area (Å²) in [5, 5.41) is 0. The van der Waals surface area contributed by atoms with Gasteiger partial charge in [0.25, 0.3) is 0 Å². The van der Waals surface area contributed by atoms with Gasteiger partial charge >= 0.3 is 5.97 Å². The Morgan fingerprint density at radius 2 is 1.32 bits per heavy atom. The molecule has 4 aliphatic rings. The van der Waals surface area contributed by atoms with Gasteiger partial charge in [-0.05, 0) is 94.8 Å². The number of hydrogen-bond donors (Lipinski definition) is 0. The largest absolute Gasteiger partial charge is 0.459 e. The van der Waals surface area contributed by atoms with E-state index in [1.165, 1.54) is 102 Å². The molecule has 3 heteroatoms. The maximum atomic E-state index is 11.5. The van der Waals surface area contributed by atoms with Gasteiger partial charge in [-0.25, -0.2) is 4.79 Å². The number of rotatable bonds is 6. The molecule has 0 saturated heterocycles. The normalized spacial score (nSPS) is 38.0. The first-order valence-corrected chi connectivity index (χ1v) is 13.7. The zero-order valence-electron chi connectivity index (χ0n) is 20.1. The molecule has 0 aromatic carbocycles. The fraction of sp³-hybridized carbons (Fsp3) is 0.893. The summed E-state index contributed by atoms with van der Waals surface area (Å²) in [6, 6.07) is 2.59. The van der Waals surface area contributed by atoms with Gasteiger partial charge in [-0.15, -0.1) is 0 Å². The fourth-order valence-corrected chi connectivity index (χ4v) is 7.71. The minimum atomic E-state index is -0.246. The molecule has 0 amide bonds. The fourth-order valence-electron chi connectivity index (χ4n) is 7.71. The highest BCUT2D eigenvalue weighted by Gasteiger charge is 2.38. The van der Waals surface area contributed by atoms with Crippen LogP contribution in [0.25, 0.3) is 0 Å². The van der Waals surface area contributed by atoms with Crippen LogP contribution in [-0.4, -0.2) is 35.1 Å². The molecule has 0 radical (unpaired) electrons. The van der Waals surface area contributed by atoms with Gasteiger partial charge in [-0.1, -0.05) is 45.6 Å². The van der Waals surface area contributed by atoms with Crippen molar-refractivity contribution in [2.24, 2.45) is 17.8 Å². The molecular weight excluding hydrogens is 382 g/mol. The van der Waals surface area contributed by atoms with Crippen LogP contribution in [0.5, 0.6) is 0 Å². The third-order valence-electron chi connectivity index (χ3n) is 9.32. The van der Waals surface area contributed by atoms with Crippen LogP contribution in [0.15, 0.2) is 12.7 Å². The number of carbonyl (C=O) groups is 1. The zero-order valence-corrected chi connectivity index (χ0v) is 20.1. The zero-order chi connectivity index (χ0) is 21.6. The van der Waals surface area contributed by atoms with Crippen molar-refractivity contribution in [3.63, 3.8) is 0 Å². The van der Waals surface area contributed by atoms with Crippen LogP contribution in [0.4, 0.5) is 0 Å². The predicted octanol–water partition coefficient (Wildman–Crippen LogP) is 7.05. The Kier molecular flexibility index (Phi) is 8.54. The molecule has 4 fully saturated rings. The molecule has 0 heterocycles. The standard InChI is InChI=1S/C28H47NO2/c1-3-28(30)31-27-18-14-23(15-19-27)22-12-16-25(17-13-22)29(24-9-5-4-6-10-24)26-11-7-8-21(2)20-26/h3,21-27H,1,4-20H2,2H3. The van der Waals surface area contributed by atoms with E-state index in [9.17, 15) is 4.79 Å². The van der Waals surface area contributed by atoms with Crippen molar-refractivity contribution in [3.05, 3.63) is 12.7 Å². The molecule has 31 heavy (non-hydrogen) atoms. The number of carbonyl (C=O) groups excluding carboxylic acids is 1. The van der Waals surface area contributed by atoms with Crippen molar-refractivity contribution in [2.45, 2.75) is 140 Å². The lowest BCUT2D eigenvalue weighted by Crippen LogP contribution is -2.52. The summed E-state index contributed by atoms with van der Waals surface area (Å²) in [5.74, 6) is 2.44. The Labute approximate surface area is 191 Å². The topological polar surface area (TPSA) is 29.5 Å². The predicted molar refractivity (Wildman–Crippen MR) is 128 cm³/mol. The second-order valence-corrected chi connectivity index (χ2v) is 11.4. The molecule has 4 rings (SSSR count). The van der Waals surface area contributed by atoms with Crippen LogP contribution < -0.4 is 0 Å². The maximum absolute atomic E-state index is 11.5. The van der Waals surface area contributed by atoms with Gasteiger partial charge in [0.15, 0.2) is 0 Å². The minimum absolute atomic E-state index is 0.133. The highest BCUT2D eigenvalue weighted by molar-refractivity contribution is 5.81. The van der Waals surface area contributed by atoms with Crippen LogP contribution in [0.3, 0.4) is 0 Å². The molecule has 3 nitrogen and oxygen atoms in total. The van der Waals surface area contributed by atoms with E-state index >= 15 is 0 Å². The summed E-state index contributed by atoms with van der Waals surface area (Å²) < 4.78 is 5.50. The maximum Gasteiger partial charge on any atom is 0.330 e. The third-order valence-corrected chi connectivity index (χ3v) is 9.32. The second-order valence-electron chi connectivity index (χ2n) is 11.4. The van der Waals surface area contributed by atoms with Gasteiger partial charge in [0.2, 0.25) is 0 Å². The van der Waals surface area contributed by atoms with Gasteiger partial charge < -0.3 is 4.74 Å². The lowest BCUT2D eigenvalue weighted by Gasteiger charge is -2.49. The van der Waals surface area contributed by atoms with E-state index in [4.69, 9.17) is 4.74 Å². The number of esters is 1. The summed E-state index contributed by atoms with van der Waals surface area (Å²) in [5.41, 5.74) is 0. The number of hydrogen-bond acceptors (Lipinski definition) is 3. The first-order valence-electron chi connectivity index (χ1n) is 13.7. The van der Waals surface area contributed by atoms with Crippen molar-refractivity contribution in [3.8, 4) is 0 Å². The van der Waals surface area contributed by atoms with Crippen LogP contribution in [-0.2, 0) is 9.53 Å². The second kappa shape index (κ2) is 11.3. The molecular formula is C28H47NO2. The minimum Gasteiger partial charge on any atom is -0.459 e. The molecule has 2 atom stereocenters. The molecule has 2 unspecified atom stereocenters. The summed E-state index contributed by atoms with van der Waals surface area (Å²) in [7, 11) is 0. The van der Waals surface area contributed by atoms with Crippen LogP contribution in [0.2, 0.25) is 0 Å². The molecule has 4 saturated carbocycles. The summed E-state index contributed by atoms with van der Waals surface area (Å²) in [6.45, 7) is 6.02. The van der Waals surface area contributed by atoms with Gasteiger partial charge in [-0.2, -0.15) is 0 Å². The number of nitrogens with zero attached hydrogens (tertiary/aromatic N) is 1. The molecule has 0 aromatic rings. The lowest BCUT2D eigenvalue weighted by atomic mass is 9.71. The molecule has 0 aliphatic heterocycles. The van der Waals surface area contributed by atoms with E-state index in [2.05, 4.69) is 18.4 Å². The first kappa shape index (κ1) is 23.3. The highest BCUT2D eigenvalue weighted by Crippen LogP contribution is 2.43. The van der Waals surface area contributed by atoms with Crippen molar-refractivity contribution < 1.29 is 9.53 Å². The molecule has 4 aliphatic carbocycles. The first-order chi connectivity index (χ1) is 15.1. The van der Waals surface area contributed by atoms with E-state index in [-0.39, 0.29) is 12.1 Å². The molecule has 0 bridgehead atoms. The average Bonchev–Trinajstić information content (AvgIpc) is 2.81. The Bertz CT molecular complexity index is 568. The van der Waals surface area contributed by atoms with Crippen LogP contribution >= 0.6 is 0 Å². The van der Waals surface area contributed by atoms with E-state index in [0.717, 1.165) is 48.7 Å². The van der Waals surface area contributed by atoms with E-state index < -0.39 is 0 Å².